The monoisotopic (exact) mass is 599 g/mol. The topological polar surface area (TPSA) is 30.7 Å². The first-order valence-corrected chi connectivity index (χ1v) is 15.9. The van der Waals surface area contributed by atoms with E-state index in [1.807, 2.05) is 12.1 Å². The van der Waals surface area contributed by atoms with Crippen LogP contribution < -0.4 is 0 Å². The maximum Gasteiger partial charge on any atom is 0.235 e. The van der Waals surface area contributed by atoms with E-state index < -0.39 is 0 Å². The van der Waals surface area contributed by atoms with Crippen LogP contribution in [-0.2, 0) is 0 Å². The summed E-state index contributed by atoms with van der Waals surface area (Å²) in [6, 6.07) is 62.0. The lowest BCUT2D eigenvalue weighted by Crippen LogP contribution is -2.04. The van der Waals surface area contributed by atoms with Crippen molar-refractivity contribution in [3.63, 3.8) is 0 Å². The zero-order chi connectivity index (χ0) is 31.2. The van der Waals surface area contributed by atoms with Gasteiger partial charge in [-0.1, -0.05) is 158 Å². The highest BCUT2D eigenvalue weighted by atomic mass is 15.2. The molecule has 0 atom stereocenters. The Balaban J connectivity index is 1.26. The van der Waals surface area contributed by atoms with Crippen LogP contribution in [0, 0.1) is 0 Å². The average molecular weight is 600 g/mol. The summed E-state index contributed by atoms with van der Waals surface area (Å²) in [5.41, 5.74) is 10.8. The molecule has 0 spiro atoms. The predicted molar refractivity (Wildman–Crippen MR) is 196 cm³/mol. The van der Waals surface area contributed by atoms with Gasteiger partial charge in [-0.05, 0) is 51.2 Å². The first-order valence-electron chi connectivity index (χ1n) is 15.9. The summed E-state index contributed by atoms with van der Waals surface area (Å²) in [5, 5.41) is 4.85. The third kappa shape index (κ3) is 4.77. The Hall–Kier alpha value is -6.32. The van der Waals surface area contributed by atoms with E-state index in [-0.39, 0.29) is 0 Å². The molecule has 47 heavy (non-hydrogen) atoms. The zero-order valence-electron chi connectivity index (χ0n) is 25.6. The highest BCUT2D eigenvalue weighted by Crippen LogP contribution is 2.37. The summed E-state index contributed by atoms with van der Waals surface area (Å²) in [7, 11) is 0. The molecule has 2 aromatic heterocycles. The number of benzene rings is 7. The second kappa shape index (κ2) is 11.2. The molecule has 0 fully saturated rings. The number of aromatic nitrogens is 3. The summed E-state index contributed by atoms with van der Waals surface area (Å²) in [4.78, 5) is 10.5. The van der Waals surface area contributed by atoms with Gasteiger partial charge in [0.15, 0.2) is 0 Å². The third-order valence-electron chi connectivity index (χ3n) is 9.05. The van der Waals surface area contributed by atoms with Crippen LogP contribution in [0.25, 0.3) is 83.3 Å². The normalized spacial score (nSPS) is 11.4. The number of nitrogens with zero attached hydrogens (tertiary/aromatic N) is 3. The van der Waals surface area contributed by atoms with Crippen LogP contribution in [0.4, 0.5) is 0 Å². The molecule has 7 aromatic carbocycles. The number of hydrogen-bond donors (Lipinski definition) is 0. The highest BCUT2D eigenvalue weighted by molar-refractivity contribution is 6.21. The molecular formula is C44H29N3. The maximum atomic E-state index is 5.27. The smallest absolute Gasteiger partial charge is 0.235 e. The van der Waals surface area contributed by atoms with E-state index in [1.54, 1.807) is 0 Å². The molecule has 0 saturated heterocycles. The van der Waals surface area contributed by atoms with Crippen molar-refractivity contribution >= 4 is 32.6 Å². The largest absolute Gasteiger partial charge is 0.278 e. The molecule has 0 aliphatic heterocycles. The zero-order valence-corrected chi connectivity index (χ0v) is 25.6. The Morgan fingerprint density at radius 2 is 0.809 bits per heavy atom. The van der Waals surface area contributed by atoms with Gasteiger partial charge in [0.1, 0.15) is 0 Å². The molecule has 3 heteroatoms. The first-order chi connectivity index (χ1) is 23.3. The van der Waals surface area contributed by atoms with Crippen LogP contribution >= 0.6 is 0 Å². The SMILES string of the molecule is c1ccc(-c2ccc(-c3cc(-c4ccc(-c5ccccc5)cc4)nc(-n4c5ccccc5c5c6ccccc6ccc54)n3)cc2)cc1. The van der Waals surface area contributed by atoms with Gasteiger partial charge in [-0.2, -0.15) is 0 Å². The van der Waals surface area contributed by atoms with Crippen LogP contribution in [0.5, 0.6) is 0 Å². The van der Waals surface area contributed by atoms with E-state index in [2.05, 4.69) is 168 Å². The first kappa shape index (κ1) is 27.0. The van der Waals surface area contributed by atoms with Gasteiger partial charge in [0.25, 0.3) is 0 Å². The van der Waals surface area contributed by atoms with Crippen LogP contribution in [-0.4, -0.2) is 14.5 Å². The lowest BCUT2D eigenvalue weighted by atomic mass is 10.0. The Bertz CT molecular complexity index is 2430. The molecule has 220 valence electrons. The van der Waals surface area contributed by atoms with Crippen LogP contribution in [0.15, 0.2) is 176 Å². The van der Waals surface area contributed by atoms with Crippen molar-refractivity contribution in [1.82, 2.24) is 14.5 Å². The molecule has 3 nitrogen and oxygen atoms in total. The van der Waals surface area contributed by atoms with Crippen molar-refractivity contribution in [3.8, 4) is 50.7 Å². The molecule has 0 N–H and O–H groups in total. The maximum absolute atomic E-state index is 5.27. The number of para-hydroxylation sites is 1. The predicted octanol–water partition coefficient (Wildman–Crippen LogP) is 11.4. The van der Waals surface area contributed by atoms with Crippen molar-refractivity contribution in [2.24, 2.45) is 0 Å². The van der Waals surface area contributed by atoms with Crippen molar-refractivity contribution in [3.05, 3.63) is 176 Å². The van der Waals surface area contributed by atoms with Gasteiger partial charge in [0, 0.05) is 21.9 Å². The second-order valence-corrected chi connectivity index (χ2v) is 11.9. The summed E-state index contributed by atoms with van der Waals surface area (Å²) < 4.78 is 2.22. The van der Waals surface area contributed by atoms with Crippen LogP contribution in [0.2, 0.25) is 0 Å². The molecule has 0 amide bonds. The highest BCUT2D eigenvalue weighted by Gasteiger charge is 2.18. The fraction of sp³-hybridized carbons (Fsp3) is 0. The molecule has 9 aromatic rings. The molecule has 2 heterocycles. The van der Waals surface area contributed by atoms with Crippen molar-refractivity contribution in [1.29, 1.82) is 0 Å². The number of fused-ring (bicyclic) bond motifs is 5. The van der Waals surface area contributed by atoms with Crippen LogP contribution in [0.1, 0.15) is 0 Å². The molecular weight excluding hydrogens is 571 g/mol. The van der Waals surface area contributed by atoms with E-state index in [4.69, 9.17) is 9.97 Å². The van der Waals surface area contributed by atoms with E-state index in [0.29, 0.717) is 5.95 Å². The van der Waals surface area contributed by atoms with E-state index >= 15 is 0 Å². The van der Waals surface area contributed by atoms with Gasteiger partial charge in [0.05, 0.1) is 22.4 Å². The van der Waals surface area contributed by atoms with E-state index in [1.165, 1.54) is 43.8 Å². The van der Waals surface area contributed by atoms with E-state index in [0.717, 1.165) is 33.5 Å². The summed E-state index contributed by atoms with van der Waals surface area (Å²) in [5.74, 6) is 0.651. The van der Waals surface area contributed by atoms with Gasteiger partial charge in [0.2, 0.25) is 5.95 Å². The van der Waals surface area contributed by atoms with Gasteiger partial charge in [-0.3, -0.25) is 4.57 Å². The van der Waals surface area contributed by atoms with E-state index in [9.17, 15) is 0 Å². The van der Waals surface area contributed by atoms with Crippen molar-refractivity contribution in [2.75, 3.05) is 0 Å². The lowest BCUT2D eigenvalue weighted by Gasteiger charge is -2.13. The number of rotatable bonds is 5. The Labute approximate surface area is 273 Å². The fourth-order valence-electron chi connectivity index (χ4n) is 6.71. The Morgan fingerprint density at radius 1 is 0.340 bits per heavy atom. The second-order valence-electron chi connectivity index (χ2n) is 11.9. The molecule has 9 rings (SSSR count). The molecule has 0 bridgehead atoms. The standard InChI is InChI=1S/C44H29N3/c1-3-11-30(12-4-1)32-19-23-35(24-20-32)39-29-40(36-25-21-33(22-26-36)31-13-5-2-6-14-31)46-44(45-39)47-41-18-10-9-17-38(41)43-37-16-8-7-15-34(37)27-28-42(43)47/h1-29H. The fourth-order valence-corrected chi connectivity index (χ4v) is 6.71. The quantitative estimate of drug-likeness (QED) is 0.197. The molecule has 0 aliphatic carbocycles. The van der Waals surface area contributed by atoms with Gasteiger partial charge >= 0.3 is 0 Å². The lowest BCUT2D eigenvalue weighted by molar-refractivity contribution is 0.996. The van der Waals surface area contributed by atoms with Crippen molar-refractivity contribution < 1.29 is 0 Å². The molecule has 0 radical (unpaired) electrons. The minimum Gasteiger partial charge on any atom is -0.278 e. The summed E-state index contributed by atoms with van der Waals surface area (Å²) in [6.07, 6.45) is 0. The molecule has 0 unspecified atom stereocenters. The Kier molecular flexibility index (Phi) is 6.46. The molecule has 0 saturated carbocycles. The minimum atomic E-state index is 0.651. The third-order valence-corrected chi connectivity index (χ3v) is 9.05. The molecule has 0 aliphatic rings. The summed E-state index contributed by atoms with van der Waals surface area (Å²) >= 11 is 0. The Morgan fingerprint density at radius 3 is 1.40 bits per heavy atom. The van der Waals surface area contributed by atoms with Crippen LogP contribution in [0.3, 0.4) is 0 Å². The van der Waals surface area contributed by atoms with Gasteiger partial charge < -0.3 is 0 Å². The minimum absolute atomic E-state index is 0.651. The van der Waals surface area contributed by atoms with Gasteiger partial charge in [-0.15, -0.1) is 0 Å². The van der Waals surface area contributed by atoms with Crippen molar-refractivity contribution in [2.45, 2.75) is 0 Å². The average Bonchev–Trinajstić information content (AvgIpc) is 3.50. The summed E-state index contributed by atoms with van der Waals surface area (Å²) in [6.45, 7) is 0. The van der Waals surface area contributed by atoms with Gasteiger partial charge in [-0.25, -0.2) is 9.97 Å². The number of hydrogen-bond acceptors (Lipinski definition) is 2.